The van der Waals surface area contributed by atoms with Gasteiger partial charge in [0.05, 0.1) is 35.7 Å². The van der Waals surface area contributed by atoms with Crippen molar-refractivity contribution in [2.75, 3.05) is 23.8 Å². The first-order valence-corrected chi connectivity index (χ1v) is 9.84. The van der Waals surface area contributed by atoms with Gasteiger partial charge in [-0.3, -0.25) is 9.88 Å². The molecule has 0 saturated heterocycles. The number of pyridine rings is 2. The van der Waals surface area contributed by atoms with Crippen LogP contribution in [0.4, 0.5) is 20.8 Å². The number of carbonyl (C=O) groups is 1. The number of nitrogens with one attached hydrogen (secondary N) is 1. The number of anilines is 2. The van der Waals surface area contributed by atoms with Gasteiger partial charge in [0.25, 0.3) is 0 Å². The van der Waals surface area contributed by atoms with E-state index in [9.17, 15) is 9.18 Å². The Labute approximate surface area is 183 Å². The van der Waals surface area contributed by atoms with Crippen molar-refractivity contribution in [3.63, 3.8) is 0 Å². The number of urea groups is 1. The summed E-state index contributed by atoms with van der Waals surface area (Å²) in [7, 11) is 0. The number of nitrogens with zero attached hydrogens (tertiary/aromatic N) is 5. The van der Waals surface area contributed by atoms with Crippen LogP contribution < -0.4 is 20.7 Å². The van der Waals surface area contributed by atoms with Crippen LogP contribution in [0, 0.1) is 24.6 Å². The molecule has 1 aliphatic heterocycles. The fourth-order valence-electron chi connectivity index (χ4n) is 3.09. The lowest BCUT2D eigenvalue weighted by Crippen LogP contribution is -2.45. The van der Waals surface area contributed by atoms with E-state index in [1.54, 1.807) is 17.9 Å². The van der Waals surface area contributed by atoms with E-state index in [0.717, 1.165) is 6.20 Å². The summed E-state index contributed by atoms with van der Waals surface area (Å²) >= 11 is 0. The molecule has 0 aliphatic carbocycles. The van der Waals surface area contributed by atoms with Gasteiger partial charge < -0.3 is 15.8 Å². The molecule has 3 N–H and O–H groups in total. The lowest BCUT2D eigenvalue weighted by Gasteiger charge is -2.30. The van der Waals surface area contributed by atoms with Crippen molar-refractivity contribution in [1.29, 1.82) is 0 Å². The largest absolute Gasteiger partial charge is 0.474 e. The van der Waals surface area contributed by atoms with E-state index < -0.39 is 11.9 Å². The fourth-order valence-corrected chi connectivity index (χ4v) is 3.09. The molecule has 3 aromatic heterocycles. The van der Waals surface area contributed by atoms with Crippen molar-refractivity contribution in [3.8, 4) is 17.7 Å². The second-order valence-corrected chi connectivity index (χ2v) is 7.10. The average Bonchev–Trinajstić information content (AvgIpc) is 2.78. The Kier molecular flexibility index (Phi) is 5.81. The second kappa shape index (κ2) is 8.85. The first-order valence-electron chi connectivity index (χ1n) is 9.84. The second-order valence-electron chi connectivity index (χ2n) is 7.10. The van der Waals surface area contributed by atoms with Crippen molar-refractivity contribution in [2.24, 2.45) is 0 Å². The van der Waals surface area contributed by atoms with Crippen molar-refractivity contribution in [1.82, 2.24) is 25.3 Å². The topological polar surface area (TPSA) is 119 Å². The number of nitrogen functional groups attached to an aromatic ring is 1. The number of aromatic nitrogens is 4. The molecule has 0 fully saturated rings. The first-order chi connectivity index (χ1) is 15.4. The molecule has 4 rings (SSSR count). The van der Waals surface area contributed by atoms with Crippen LogP contribution in [0.1, 0.15) is 35.5 Å². The van der Waals surface area contributed by atoms with Gasteiger partial charge in [-0.2, -0.15) is 0 Å². The molecule has 0 unspecified atom stereocenters. The third kappa shape index (κ3) is 4.57. The zero-order chi connectivity index (χ0) is 22.7. The molecule has 1 aliphatic rings. The Hall–Kier alpha value is -4.26. The Morgan fingerprint density at radius 3 is 2.75 bits per heavy atom. The van der Waals surface area contributed by atoms with Crippen molar-refractivity contribution >= 4 is 17.7 Å². The summed E-state index contributed by atoms with van der Waals surface area (Å²) in [6.45, 7) is 4.24. The number of ether oxygens (including phenoxy) is 1. The van der Waals surface area contributed by atoms with Gasteiger partial charge in [-0.15, -0.1) is 0 Å². The van der Waals surface area contributed by atoms with Crippen LogP contribution in [0.3, 0.4) is 0 Å². The molecule has 0 aromatic carbocycles. The third-order valence-electron chi connectivity index (χ3n) is 4.80. The van der Waals surface area contributed by atoms with Crippen LogP contribution in [0.5, 0.6) is 5.88 Å². The molecule has 0 spiro atoms. The van der Waals surface area contributed by atoms with Crippen LogP contribution in [-0.4, -0.2) is 39.1 Å². The standard InChI is InChI=1S/C22H20FN7O2/c1-13-16(4-3-15-10-26-21(24)27-11-15)9-19-20(28-13)32-8-7-30(19)22(31)29-14(2)18-6-5-17(23)12-25-18/h5-6,9-12,14H,7-8H2,1-2H3,(H,29,31)(H2,24,26,27)/t14-/m0/s1. The lowest BCUT2D eigenvalue weighted by molar-refractivity contribution is 0.235. The van der Waals surface area contributed by atoms with Gasteiger partial charge in [0.15, 0.2) is 0 Å². The number of hydrogen-bond donors (Lipinski definition) is 2. The smallest absolute Gasteiger partial charge is 0.322 e. The van der Waals surface area contributed by atoms with Crippen molar-refractivity contribution < 1.29 is 13.9 Å². The molecular formula is C22H20FN7O2. The molecule has 0 bridgehead atoms. The first kappa shape index (κ1) is 21.0. The Morgan fingerprint density at radius 1 is 1.25 bits per heavy atom. The summed E-state index contributed by atoms with van der Waals surface area (Å²) < 4.78 is 18.8. The number of hydrogen-bond acceptors (Lipinski definition) is 7. The Morgan fingerprint density at radius 2 is 2.03 bits per heavy atom. The van der Waals surface area contributed by atoms with Gasteiger partial charge in [-0.1, -0.05) is 11.8 Å². The highest BCUT2D eigenvalue weighted by molar-refractivity contribution is 5.94. The van der Waals surface area contributed by atoms with Gasteiger partial charge >= 0.3 is 6.03 Å². The predicted octanol–water partition coefficient (Wildman–Crippen LogP) is 2.37. The minimum atomic E-state index is -0.435. The van der Waals surface area contributed by atoms with Crippen molar-refractivity contribution in [2.45, 2.75) is 19.9 Å². The van der Waals surface area contributed by atoms with E-state index in [1.165, 1.54) is 24.5 Å². The summed E-state index contributed by atoms with van der Waals surface area (Å²) in [6.07, 6.45) is 4.18. The average molecular weight is 433 g/mol. The molecule has 32 heavy (non-hydrogen) atoms. The SMILES string of the molecule is Cc1nc2c(cc1C#Cc1cnc(N)nc1)N(C(=O)N[C@@H](C)c1ccc(F)cn1)CCO2. The number of aryl methyl sites for hydroxylation is 1. The molecule has 0 radical (unpaired) electrons. The van der Waals surface area contributed by atoms with E-state index in [-0.39, 0.29) is 12.0 Å². The highest BCUT2D eigenvalue weighted by atomic mass is 19.1. The van der Waals surface area contributed by atoms with E-state index in [2.05, 4.69) is 37.1 Å². The summed E-state index contributed by atoms with van der Waals surface area (Å²) in [4.78, 5) is 30.9. The number of amides is 2. The van der Waals surface area contributed by atoms with Crippen LogP contribution in [0.2, 0.25) is 0 Å². The number of nitrogens with two attached hydrogens (primary N) is 1. The maximum absolute atomic E-state index is 13.1. The maximum atomic E-state index is 13.1. The van der Waals surface area contributed by atoms with Gasteiger partial charge in [-0.25, -0.2) is 24.1 Å². The molecule has 3 aromatic rings. The quantitative estimate of drug-likeness (QED) is 0.596. The summed E-state index contributed by atoms with van der Waals surface area (Å²) in [5.74, 6) is 6.10. The molecular weight excluding hydrogens is 413 g/mol. The minimum Gasteiger partial charge on any atom is -0.474 e. The Balaban J connectivity index is 1.58. The molecule has 9 nitrogen and oxygen atoms in total. The zero-order valence-corrected chi connectivity index (χ0v) is 17.5. The van der Waals surface area contributed by atoms with E-state index in [1.807, 2.05) is 6.92 Å². The van der Waals surface area contributed by atoms with Gasteiger partial charge in [0, 0.05) is 18.0 Å². The number of carbonyl (C=O) groups excluding carboxylic acids is 1. The van der Waals surface area contributed by atoms with Crippen molar-refractivity contribution in [3.05, 3.63) is 65.1 Å². The highest BCUT2D eigenvalue weighted by Crippen LogP contribution is 2.32. The summed E-state index contributed by atoms with van der Waals surface area (Å²) in [5.41, 5.74) is 8.46. The highest BCUT2D eigenvalue weighted by Gasteiger charge is 2.27. The van der Waals surface area contributed by atoms with Crippen LogP contribution in [-0.2, 0) is 0 Å². The number of rotatable bonds is 2. The van der Waals surface area contributed by atoms with E-state index in [0.29, 0.717) is 47.2 Å². The lowest BCUT2D eigenvalue weighted by atomic mass is 10.1. The molecule has 10 heteroatoms. The van der Waals surface area contributed by atoms with Crippen LogP contribution in [0.25, 0.3) is 0 Å². The monoisotopic (exact) mass is 433 g/mol. The molecule has 2 amide bonds. The summed E-state index contributed by atoms with van der Waals surface area (Å²) in [6, 6.07) is 3.84. The fraction of sp³-hybridized carbons (Fsp3) is 0.227. The molecule has 4 heterocycles. The number of halogens is 1. The molecule has 0 saturated carbocycles. The third-order valence-corrected chi connectivity index (χ3v) is 4.80. The van der Waals surface area contributed by atoms with Gasteiger partial charge in [-0.05, 0) is 32.0 Å². The van der Waals surface area contributed by atoms with E-state index in [4.69, 9.17) is 10.5 Å². The van der Waals surface area contributed by atoms with E-state index >= 15 is 0 Å². The molecule has 162 valence electrons. The van der Waals surface area contributed by atoms with Gasteiger partial charge in [0.2, 0.25) is 11.8 Å². The minimum absolute atomic E-state index is 0.172. The Bertz CT molecular complexity index is 1200. The maximum Gasteiger partial charge on any atom is 0.322 e. The van der Waals surface area contributed by atoms with Gasteiger partial charge in [0.1, 0.15) is 18.1 Å². The van der Waals surface area contributed by atoms with Crippen LogP contribution in [0.15, 0.2) is 36.8 Å². The normalized spacial score (nSPS) is 13.3. The summed E-state index contributed by atoms with van der Waals surface area (Å²) in [5, 5.41) is 2.88. The van der Waals surface area contributed by atoms with Crippen LogP contribution >= 0.6 is 0 Å². The molecule has 1 atom stereocenters. The predicted molar refractivity (Wildman–Crippen MR) is 115 cm³/mol. The zero-order valence-electron chi connectivity index (χ0n) is 17.5. The number of fused-ring (bicyclic) bond motifs is 1.